The Balaban J connectivity index is 2.97. The van der Waals surface area contributed by atoms with Gasteiger partial charge in [0.05, 0.1) is 10.0 Å². The molecule has 0 aliphatic carbocycles. The first-order valence-corrected chi connectivity index (χ1v) is 4.43. The number of halogens is 2. The Morgan fingerprint density at radius 3 is 2.58 bits per heavy atom. The lowest BCUT2D eigenvalue weighted by Crippen LogP contribution is -1.74. The fraction of sp³-hybridized carbons (Fsp3) is 0.200. The molecule has 62 valence electrons. The van der Waals surface area contributed by atoms with Crippen LogP contribution in [0, 0.1) is 11.8 Å². The first-order chi connectivity index (χ1) is 5.74. The third kappa shape index (κ3) is 2.44. The summed E-state index contributed by atoms with van der Waals surface area (Å²) < 4.78 is 0. The van der Waals surface area contributed by atoms with Gasteiger partial charge in [0.15, 0.2) is 0 Å². The van der Waals surface area contributed by atoms with E-state index in [0.717, 1.165) is 12.0 Å². The molecule has 0 atom stereocenters. The van der Waals surface area contributed by atoms with Gasteiger partial charge in [-0.25, -0.2) is 0 Å². The van der Waals surface area contributed by atoms with E-state index >= 15 is 0 Å². The number of hydrogen-bond acceptors (Lipinski definition) is 0. The fourth-order valence-electron chi connectivity index (χ4n) is 0.764. The molecule has 12 heavy (non-hydrogen) atoms. The highest BCUT2D eigenvalue weighted by Gasteiger charge is 1.95. The fourth-order valence-corrected chi connectivity index (χ4v) is 1.06. The van der Waals surface area contributed by atoms with Crippen molar-refractivity contribution in [2.24, 2.45) is 0 Å². The SMILES string of the molecule is CCC#Cc1ccc(Cl)c(Cl)c1. The number of benzene rings is 1. The molecule has 0 unspecified atom stereocenters. The van der Waals surface area contributed by atoms with Gasteiger partial charge in [-0.2, -0.15) is 0 Å². The van der Waals surface area contributed by atoms with Gasteiger partial charge in [0.2, 0.25) is 0 Å². The predicted octanol–water partition coefficient (Wildman–Crippen LogP) is 3.75. The van der Waals surface area contributed by atoms with Crippen LogP contribution in [0.4, 0.5) is 0 Å². The standard InChI is InChI=1S/C10H8Cl2/c1-2-3-4-8-5-6-9(11)10(12)7-8/h5-7H,2H2,1H3. The van der Waals surface area contributed by atoms with E-state index in [-0.39, 0.29) is 0 Å². The first kappa shape index (κ1) is 9.45. The summed E-state index contributed by atoms with van der Waals surface area (Å²) in [6.07, 6.45) is 0.847. The van der Waals surface area contributed by atoms with Crippen LogP contribution in [0.15, 0.2) is 18.2 Å². The summed E-state index contributed by atoms with van der Waals surface area (Å²) in [5.74, 6) is 5.93. The molecule has 0 aromatic heterocycles. The highest BCUT2D eigenvalue weighted by molar-refractivity contribution is 6.42. The zero-order valence-electron chi connectivity index (χ0n) is 6.70. The van der Waals surface area contributed by atoms with E-state index in [2.05, 4.69) is 11.8 Å². The molecule has 0 spiro atoms. The van der Waals surface area contributed by atoms with Crippen molar-refractivity contribution in [2.75, 3.05) is 0 Å². The summed E-state index contributed by atoms with van der Waals surface area (Å²) in [6.45, 7) is 2.00. The molecule has 0 nitrogen and oxygen atoms in total. The van der Waals surface area contributed by atoms with E-state index in [1.807, 2.05) is 13.0 Å². The van der Waals surface area contributed by atoms with Gasteiger partial charge in [-0.1, -0.05) is 42.0 Å². The maximum Gasteiger partial charge on any atom is 0.0604 e. The lowest BCUT2D eigenvalue weighted by Gasteiger charge is -1.94. The largest absolute Gasteiger partial charge is 0.0982 e. The number of rotatable bonds is 0. The maximum atomic E-state index is 5.79. The summed E-state index contributed by atoms with van der Waals surface area (Å²) in [4.78, 5) is 0. The third-order valence-electron chi connectivity index (χ3n) is 1.33. The Morgan fingerprint density at radius 2 is 2.00 bits per heavy atom. The summed E-state index contributed by atoms with van der Waals surface area (Å²) in [7, 11) is 0. The molecule has 0 heterocycles. The topological polar surface area (TPSA) is 0 Å². The second kappa shape index (κ2) is 4.40. The molecular formula is C10H8Cl2. The van der Waals surface area contributed by atoms with Crippen molar-refractivity contribution < 1.29 is 0 Å². The molecule has 2 heteroatoms. The molecular weight excluding hydrogens is 191 g/mol. The molecule has 0 aliphatic heterocycles. The molecule has 1 aromatic carbocycles. The second-order valence-corrected chi connectivity index (χ2v) is 3.10. The summed E-state index contributed by atoms with van der Waals surface area (Å²) in [5, 5.41) is 1.12. The van der Waals surface area contributed by atoms with E-state index in [1.54, 1.807) is 12.1 Å². The summed E-state index contributed by atoms with van der Waals surface area (Å²) in [6, 6.07) is 5.38. The van der Waals surface area contributed by atoms with Gasteiger partial charge in [-0.15, -0.1) is 0 Å². The molecule has 1 aromatic rings. The van der Waals surface area contributed by atoms with Crippen molar-refractivity contribution in [3.8, 4) is 11.8 Å². The van der Waals surface area contributed by atoms with Crippen LogP contribution < -0.4 is 0 Å². The van der Waals surface area contributed by atoms with E-state index in [1.165, 1.54) is 0 Å². The molecule has 0 saturated heterocycles. The van der Waals surface area contributed by atoms with Crippen molar-refractivity contribution in [3.05, 3.63) is 33.8 Å². The quantitative estimate of drug-likeness (QED) is 0.558. The van der Waals surface area contributed by atoms with E-state index in [9.17, 15) is 0 Å². The van der Waals surface area contributed by atoms with Crippen LogP contribution in [-0.2, 0) is 0 Å². The average Bonchev–Trinajstić information content (AvgIpc) is 2.07. The minimum absolute atomic E-state index is 0.555. The van der Waals surface area contributed by atoms with Crippen LogP contribution in [0.5, 0.6) is 0 Å². The third-order valence-corrected chi connectivity index (χ3v) is 2.07. The smallest absolute Gasteiger partial charge is 0.0604 e. The first-order valence-electron chi connectivity index (χ1n) is 3.68. The predicted molar refractivity (Wildman–Crippen MR) is 53.6 cm³/mol. The van der Waals surface area contributed by atoms with Crippen LogP contribution in [0.2, 0.25) is 10.0 Å². The van der Waals surface area contributed by atoms with Gasteiger partial charge in [0.25, 0.3) is 0 Å². The van der Waals surface area contributed by atoms with Gasteiger partial charge in [0, 0.05) is 12.0 Å². The zero-order valence-corrected chi connectivity index (χ0v) is 8.21. The second-order valence-electron chi connectivity index (χ2n) is 2.28. The van der Waals surface area contributed by atoms with Crippen molar-refractivity contribution in [2.45, 2.75) is 13.3 Å². The van der Waals surface area contributed by atoms with Gasteiger partial charge in [-0.3, -0.25) is 0 Å². The number of hydrogen-bond donors (Lipinski definition) is 0. The lowest BCUT2D eigenvalue weighted by atomic mass is 10.2. The summed E-state index contributed by atoms with van der Waals surface area (Å²) in [5.41, 5.74) is 0.909. The molecule has 1 rings (SSSR count). The maximum absolute atomic E-state index is 5.79. The Labute approximate surface area is 82.5 Å². The van der Waals surface area contributed by atoms with Crippen LogP contribution >= 0.6 is 23.2 Å². The van der Waals surface area contributed by atoms with Crippen molar-refractivity contribution >= 4 is 23.2 Å². The molecule has 0 amide bonds. The van der Waals surface area contributed by atoms with Crippen molar-refractivity contribution in [1.29, 1.82) is 0 Å². The zero-order chi connectivity index (χ0) is 8.97. The van der Waals surface area contributed by atoms with Crippen LogP contribution in [0.3, 0.4) is 0 Å². The Kier molecular flexibility index (Phi) is 3.47. The van der Waals surface area contributed by atoms with E-state index in [4.69, 9.17) is 23.2 Å². The van der Waals surface area contributed by atoms with E-state index < -0.39 is 0 Å². The van der Waals surface area contributed by atoms with Crippen molar-refractivity contribution in [3.63, 3.8) is 0 Å². The van der Waals surface area contributed by atoms with Gasteiger partial charge in [-0.05, 0) is 18.2 Å². The Hall–Kier alpha value is -0.640. The minimum atomic E-state index is 0.555. The van der Waals surface area contributed by atoms with Gasteiger partial charge in [0.1, 0.15) is 0 Å². The molecule has 0 saturated carbocycles. The minimum Gasteiger partial charge on any atom is -0.0982 e. The molecule has 0 N–H and O–H groups in total. The summed E-state index contributed by atoms with van der Waals surface area (Å²) >= 11 is 11.5. The van der Waals surface area contributed by atoms with Crippen LogP contribution in [0.1, 0.15) is 18.9 Å². The molecule has 0 fully saturated rings. The van der Waals surface area contributed by atoms with Crippen LogP contribution in [0.25, 0.3) is 0 Å². The molecule has 0 aliphatic rings. The van der Waals surface area contributed by atoms with Gasteiger partial charge >= 0.3 is 0 Å². The Bertz CT molecular complexity index is 331. The van der Waals surface area contributed by atoms with E-state index in [0.29, 0.717) is 10.0 Å². The average molecular weight is 199 g/mol. The highest BCUT2D eigenvalue weighted by Crippen LogP contribution is 2.21. The van der Waals surface area contributed by atoms with Gasteiger partial charge < -0.3 is 0 Å². The Morgan fingerprint density at radius 1 is 1.25 bits per heavy atom. The lowest BCUT2D eigenvalue weighted by molar-refractivity contribution is 1.28. The van der Waals surface area contributed by atoms with Crippen LogP contribution in [-0.4, -0.2) is 0 Å². The molecule has 0 bridgehead atoms. The monoisotopic (exact) mass is 198 g/mol. The molecule has 0 radical (unpaired) electrons. The highest BCUT2D eigenvalue weighted by atomic mass is 35.5. The van der Waals surface area contributed by atoms with Crippen molar-refractivity contribution in [1.82, 2.24) is 0 Å². The normalized spacial score (nSPS) is 8.92.